The maximum Gasteiger partial charge on any atom is 0.410 e. The number of nitrogens with zero attached hydrogens (tertiary/aromatic N) is 3. The molecule has 0 bridgehead atoms. The average molecular weight is 388 g/mol. The van der Waals surface area contributed by atoms with Crippen molar-refractivity contribution >= 4 is 29.9 Å². The Balaban J connectivity index is 1.76. The molecular weight excluding hydrogens is 364 g/mol. The topological polar surface area (TPSA) is 112 Å². The number of ether oxygens (including phenoxy) is 1. The predicted molar refractivity (Wildman–Crippen MR) is 102 cm³/mol. The van der Waals surface area contributed by atoms with Gasteiger partial charge in [-0.3, -0.25) is 9.69 Å². The van der Waals surface area contributed by atoms with E-state index < -0.39 is 23.7 Å². The van der Waals surface area contributed by atoms with Crippen LogP contribution in [0.2, 0.25) is 0 Å². The van der Waals surface area contributed by atoms with Crippen molar-refractivity contribution in [1.82, 2.24) is 14.8 Å². The Morgan fingerprint density at radius 1 is 1.36 bits per heavy atom. The molecule has 3 rings (SSSR count). The number of rotatable bonds is 2. The second-order valence-corrected chi connectivity index (χ2v) is 7.85. The van der Waals surface area contributed by atoms with Crippen molar-refractivity contribution in [3.63, 3.8) is 0 Å². The molecule has 0 saturated carbocycles. The van der Waals surface area contributed by atoms with E-state index in [4.69, 9.17) is 9.84 Å². The van der Waals surface area contributed by atoms with E-state index >= 15 is 0 Å². The van der Waals surface area contributed by atoms with Crippen LogP contribution in [0, 0.1) is 0 Å². The summed E-state index contributed by atoms with van der Waals surface area (Å²) in [6, 6.07) is 1.30. The number of fused-ring (bicyclic) bond motifs is 2. The SMILES string of the molecule is CC(C)(C)OC(=O)N1CCN2Cc3cc(/C=C/C(=O)O)cnc3NC(=O)C2C1. The summed E-state index contributed by atoms with van der Waals surface area (Å²) >= 11 is 0. The number of carboxylic acid groups (broad SMARTS) is 1. The molecule has 9 heteroatoms. The first-order chi connectivity index (χ1) is 13.1. The lowest BCUT2D eigenvalue weighted by Crippen LogP contribution is -2.58. The summed E-state index contributed by atoms with van der Waals surface area (Å²) in [4.78, 5) is 43.6. The smallest absolute Gasteiger partial charge is 0.410 e. The molecule has 0 spiro atoms. The van der Waals surface area contributed by atoms with Crippen molar-refractivity contribution in [2.24, 2.45) is 0 Å². The average Bonchev–Trinajstić information content (AvgIpc) is 2.73. The molecule has 9 nitrogen and oxygen atoms in total. The zero-order valence-electron chi connectivity index (χ0n) is 16.1. The lowest BCUT2D eigenvalue weighted by molar-refractivity contribution is -0.131. The Bertz CT molecular complexity index is 830. The van der Waals surface area contributed by atoms with Crippen LogP contribution in [-0.2, 0) is 20.9 Å². The zero-order valence-corrected chi connectivity index (χ0v) is 16.1. The Kier molecular flexibility index (Phi) is 5.37. The van der Waals surface area contributed by atoms with Crippen molar-refractivity contribution in [2.45, 2.75) is 39.0 Å². The highest BCUT2D eigenvalue weighted by Crippen LogP contribution is 2.25. The summed E-state index contributed by atoms with van der Waals surface area (Å²) in [6.45, 7) is 7.10. The number of nitrogens with one attached hydrogen (secondary N) is 1. The van der Waals surface area contributed by atoms with Crippen LogP contribution in [0.5, 0.6) is 0 Å². The highest BCUT2D eigenvalue weighted by molar-refractivity contribution is 5.96. The number of hydrogen-bond donors (Lipinski definition) is 2. The Morgan fingerprint density at radius 2 is 2.11 bits per heavy atom. The molecule has 2 amide bonds. The van der Waals surface area contributed by atoms with Crippen molar-refractivity contribution in [1.29, 1.82) is 0 Å². The minimum absolute atomic E-state index is 0.228. The fourth-order valence-corrected chi connectivity index (χ4v) is 3.19. The number of carbonyl (C=O) groups excluding carboxylic acids is 2. The van der Waals surface area contributed by atoms with Gasteiger partial charge in [0.1, 0.15) is 17.5 Å². The van der Waals surface area contributed by atoms with Crippen LogP contribution in [0.25, 0.3) is 6.08 Å². The van der Waals surface area contributed by atoms with E-state index in [1.54, 1.807) is 25.7 Å². The molecule has 1 saturated heterocycles. The molecule has 3 heterocycles. The van der Waals surface area contributed by atoms with E-state index in [2.05, 4.69) is 10.3 Å². The van der Waals surface area contributed by atoms with Crippen LogP contribution < -0.4 is 5.32 Å². The van der Waals surface area contributed by atoms with E-state index in [0.717, 1.165) is 11.6 Å². The first-order valence-electron chi connectivity index (χ1n) is 9.05. The number of anilines is 1. The molecule has 2 aliphatic heterocycles. The molecule has 28 heavy (non-hydrogen) atoms. The van der Waals surface area contributed by atoms with Gasteiger partial charge in [-0.05, 0) is 38.5 Å². The number of aromatic nitrogens is 1. The summed E-state index contributed by atoms with van der Waals surface area (Å²) < 4.78 is 5.42. The summed E-state index contributed by atoms with van der Waals surface area (Å²) in [7, 11) is 0. The summed E-state index contributed by atoms with van der Waals surface area (Å²) in [5, 5.41) is 11.6. The number of aliphatic carboxylic acids is 1. The molecule has 1 aromatic rings. The molecule has 2 aliphatic rings. The Morgan fingerprint density at radius 3 is 2.79 bits per heavy atom. The molecule has 2 N–H and O–H groups in total. The number of amides is 2. The van der Waals surface area contributed by atoms with Crippen molar-refractivity contribution in [3.8, 4) is 0 Å². The highest BCUT2D eigenvalue weighted by atomic mass is 16.6. The summed E-state index contributed by atoms with van der Waals surface area (Å²) in [6.07, 6.45) is 3.58. The van der Waals surface area contributed by atoms with Crippen molar-refractivity contribution < 1.29 is 24.2 Å². The number of piperazine rings is 1. The van der Waals surface area contributed by atoms with Gasteiger partial charge in [-0.15, -0.1) is 0 Å². The molecule has 1 atom stereocenters. The van der Waals surface area contributed by atoms with E-state index in [1.807, 2.05) is 11.0 Å². The van der Waals surface area contributed by atoms with Crippen LogP contribution in [0.1, 0.15) is 31.9 Å². The number of hydrogen-bond acceptors (Lipinski definition) is 6. The monoisotopic (exact) mass is 388 g/mol. The van der Waals surface area contributed by atoms with Crippen LogP contribution in [0.4, 0.5) is 10.6 Å². The van der Waals surface area contributed by atoms with E-state index in [0.29, 0.717) is 31.0 Å². The Labute approximate surface area is 163 Å². The third-order valence-corrected chi connectivity index (χ3v) is 4.47. The van der Waals surface area contributed by atoms with Crippen molar-refractivity contribution in [3.05, 3.63) is 29.5 Å². The van der Waals surface area contributed by atoms with Crippen LogP contribution in [0.15, 0.2) is 18.3 Å². The minimum Gasteiger partial charge on any atom is -0.478 e. The molecule has 0 radical (unpaired) electrons. The maximum absolute atomic E-state index is 12.7. The fraction of sp³-hybridized carbons (Fsp3) is 0.474. The number of carbonyl (C=O) groups is 3. The second kappa shape index (κ2) is 7.59. The minimum atomic E-state index is -1.04. The highest BCUT2D eigenvalue weighted by Gasteiger charge is 2.38. The van der Waals surface area contributed by atoms with Gasteiger partial charge in [-0.2, -0.15) is 0 Å². The van der Waals surface area contributed by atoms with Crippen molar-refractivity contribution in [2.75, 3.05) is 25.0 Å². The van der Waals surface area contributed by atoms with Gasteiger partial charge < -0.3 is 20.1 Å². The molecular formula is C19H24N4O5. The molecule has 150 valence electrons. The van der Waals surface area contributed by atoms with Gasteiger partial charge in [0.05, 0.1) is 0 Å². The van der Waals surface area contributed by atoms with Gasteiger partial charge >= 0.3 is 12.1 Å². The van der Waals surface area contributed by atoms with Gasteiger partial charge in [0, 0.05) is 44.0 Å². The molecule has 1 fully saturated rings. The summed E-state index contributed by atoms with van der Waals surface area (Å²) in [5.74, 6) is -0.814. The first kappa shape index (κ1) is 19.8. The largest absolute Gasteiger partial charge is 0.478 e. The normalized spacial score (nSPS) is 20.2. The van der Waals surface area contributed by atoms with Gasteiger partial charge in [0.2, 0.25) is 5.91 Å². The zero-order chi connectivity index (χ0) is 20.5. The number of pyridine rings is 1. The molecule has 0 aromatic carbocycles. The lowest BCUT2D eigenvalue weighted by atomic mass is 10.1. The standard InChI is InChI=1S/C19H24N4O5/c1-19(2,3)28-18(27)23-7-6-22-10-13-8-12(4-5-15(24)25)9-20-16(13)21-17(26)14(22)11-23/h4-5,8-9,14H,6-7,10-11H2,1-3H3,(H,24,25)(H,20,21,26)/b5-4+. The van der Waals surface area contributed by atoms with Gasteiger partial charge in [-0.1, -0.05) is 0 Å². The summed E-state index contributed by atoms with van der Waals surface area (Å²) in [5.41, 5.74) is 0.843. The Hall–Kier alpha value is -2.94. The van der Waals surface area contributed by atoms with E-state index in [1.165, 1.54) is 12.3 Å². The van der Waals surface area contributed by atoms with Crippen LogP contribution >= 0.6 is 0 Å². The number of carboxylic acids is 1. The van der Waals surface area contributed by atoms with Gasteiger partial charge in [-0.25, -0.2) is 14.6 Å². The fourth-order valence-electron chi connectivity index (χ4n) is 3.19. The van der Waals surface area contributed by atoms with Gasteiger partial charge in [0.15, 0.2) is 0 Å². The molecule has 1 aromatic heterocycles. The second-order valence-electron chi connectivity index (χ2n) is 7.85. The first-order valence-corrected chi connectivity index (χ1v) is 9.05. The maximum atomic E-state index is 12.7. The van der Waals surface area contributed by atoms with Gasteiger partial charge in [0.25, 0.3) is 0 Å². The van der Waals surface area contributed by atoms with E-state index in [-0.39, 0.29) is 12.5 Å². The third-order valence-electron chi connectivity index (χ3n) is 4.47. The third kappa shape index (κ3) is 4.66. The van der Waals surface area contributed by atoms with Crippen LogP contribution in [0.3, 0.4) is 0 Å². The lowest BCUT2D eigenvalue weighted by Gasteiger charge is -2.39. The predicted octanol–water partition coefficient (Wildman–Crippen LogP) is 1.55. The molecule has 1 unspecified atom stereocenters. The van der Waals surface area contributed by atoms with Crippen LogP contribution in [-0.4, -0.2) is 69.1 Å². The van der Waals surface area contributed by atoms with E-state index in [9.17, 15) is 14.4 Å². The molecule has 0 aliphatic carbocycles. The quantitative estimate of drug-likeness (QED) is 0.739.